The third-order valence-electron chi connectivity index (χ3n) is 3.19. The van der Waals surface area contributed by atoms with Gasteiger partial charge in [0.05, 0.1) is 6.61 Å². The van der Waals surface area contributed by atoms with E-state index in [-0.39, 0.29) is 6.79 Å². The molecule has 0 saturated heterocycles. The van der Waals surface area contributed by atoms with E-state index in [4.69, 9.17) is 14.5 Å². The first-order valence-corrected chi connectivity index (χ1v) is 8.24. The van der Waals surface area contributed by atoms with Crippen LogP contribution in [0.2, 0.25) is 0 Å². The Morgan fingerprint density at radius 3 is 1.68 bits per heavy atom. The molecule has 0 radical (unpaired) electrons. The van der Waals surface area contributed by atoms with Crippen molar-refractivity contribution in [2.75, 3.05) is 20.0 Å². The van der Waals surface area contributed by atoms with Crippen LogP contribution in [0.4, 0.5) is 0 Å². The van der Waals surface area contributed by atoms with Crippen LogP contribution in [0.3, 0.4) is 0 Å². The average Bonchev–Trinajstić information content (AvgIpc) is 2.43. The van der Waals surface area contributed by atoms with Crippen LogP contribution in [0.25, 0.3) is 0 Å². The molecule has 0 aromatic heterocycles. The molecule has 0 unspecified atom stereocenters. The molecule has 0 aliphatic rings. The zero-order valence-electron chi connectivity index (χ0n) is 13.1. The fraction of sp³-hybridized carbons (Fsp3) is 1.00. The van der Waals surface area contributed by atoms with Crippen LogP contribution in [0.1, 0.15) is 84.5 Å². The van der Waals surface area contributed by atoms with Crippen molar-refractivity contribution in [2.24, 2.45) is 0 Å². The lowest BCUT2D eigenvalue weighted by Crippen LogP contribution is -2.03. The average molecular weight is 274 g/mol. The highest BCUT2D eigenvalue weighted by molar-refractivity contribution is 4.42. The molecular formula is C16H34O3. The Morgan fingerprint density at radius 2 is 1.05 bits per heavy atom. The highest BCUT2D eigenvalue weighted by Crippen LogP contribution is 2.05. The van der Waals surface area contributed by atoms with E-state index in [9.17, 15) is 0 Å². The van der Waals surface area contributed by atoms with Gasteiger partial charge < -0.3 is 4.74 Å². The maximum atomic E-state index is 5.34. The summed E-state index contributed by atoms with van der Waals surface area (Å²) >= 11 is 0. The second kappa shape index (κ2) is 17.9. The van der Waals surface area contributed by atoms with E-state index in [1.54, 1.807) is 0 Å². The van der Waals surface area contributed by atoms with Gasteiger partial charge in [-0.25, -0.2) is 9.78 Å². The standard InChI is InChI=1S/C16H34O3/c1-3-5-7-9-11-12-14-17-16-19-18-15-13-10-8-6-4-2/h3-16H2,1-2H3. The molecule has 0 rings (SSSR count). The molecule has 0 atom stereocenters. The highest BCUT2D eigenvalue weighted by atomic mass is 17.2. The lowest BCUT2D eigenvalue weighted by molar-refractivity contribution is -0.336. The summed E-state index contributed by atoms with van der Waals surface area (Å²) in [6, 6.07) is 0. The zero-order valence-corrected chi connectivity index (χ0v) is 13.1. The monoisotopic (exact) mass is 274 g/mol. The third kappa shape index (κ3) is 17.9. The van der Waals surface area contributed by atoms with E-state index in [0.29, 0.717) is 6.61 Å². The SMILES string of the molecule is CCCCCCCCOCOOCCCCCCC. The van der Waals surface area contributed by atoms with Gasteiger partial charge in [0.2, 0.25) is 0 Å². The van der Waals surface area contributed by atoms with Crippen molar-refractivity contribution in [2.45, 2.75) is 84.5 Å². The molecule has 0 fully saturated rings. The van der Waals surface area contributed by atoms with Crippen molar-refractivity contribution < 1.29 is 14.5 Å². The van der Waals surface area contributed by atoms with Crippen LogP contribution in [0, 0.1) is 0 Å². The summed E-state index contributed by atoms with van der Waals surface area (Å²) in [5.74, 6) is 0. The van der Waals surface area contributed by atoms with Gasteiger partial charge in [-0.1, -0.05) is 71.6 Å². The van der Waals surface area contributed by atoms with Crippen molar-refractivity contribution in [1.29, 1.82) is 0 Å². The maximum absolute atomic E-state index is 5.34. The van der Waals surface area contributed by atoms with E-state index < -0.39 is 0 Å². The van der Waals surface area contributed by atoms with Crippen LogP contribution in [-0.4, -0.2) is 20.0 Å². The fourth-order valence-corrected chi connectivity index (χ4v) is 1.93. The Bertz CT molecular complexity index is 135. The van der Waals surface area contributed by atoms with Crippen LogP contribution in [0.5, 0.6) is 0 Å². The Labute approximate surface area is 119 Å². The first-order chi connectivity index (χ1) is 9.41. The van der Waals surface area contributed by atoms with E-state index in [0.717, 1.165) is 19.4 Å². The largest absolute Gasteiger partial charge is 0.352 e. The maximum Gasteiger partial charge on any atom is 0.180 e. The minimum atomic E-state index is 0.268. The normalized spacial score (nSPS) is 11.1. The number of rotatable bonds is 16. The summed E-state index contributed by atoms with van der Waals surface area (Å²) in [4.78, 5) is 10.0. The summed E-state index contributed by atoms with van der Waals surface area (Å²) in [5.41, 5.74) is 0. The third-order valence-corrected chi connectivity index (χ3v) is 3.19. The van der Waals surface area contributed by atoms with Crippen LogP contribution in [0.15, 0.2) is 0 Å². The lowest BCUT2D eigenvalue weighted by Gasteiger charge is -2.05. The molecule has 0 aromatic carbocycles. The van der Waals surface area contributed by atoms with Crippen molar-refractivity contribution in [1.82, 2.24) is 0 Å². The van der Waals surface area contributed by atoms with Gasteiger partial charge in [-0.15, -0.1) is 0 Å². The van der Waals surface area contributed by atoms with Gasteiger partial charge in [-0.2, -0.15) is 0 Å². The summed E-state index contributed by atoms with van der Waals surface area (Å²) in [7, 11) is 0. The van der Waals surface area contributed by atoms with Crippen LogP contribution in [-0.2, 0) is 14.5 Å². The van der Waals surface area contributed by atoms with Gasteiger partial charge in [-0.05, 0) is 12.8 Å². The highest BCUT2D eigenvalue weighted by Gasteiger charge is 1.93. The molecule has 0 N–H and O–H groups in total. The van der Waals surface area contributed by atoms with Gasteiger partial charge in [0, 0.05) is 6.61 Å². The molecule has 0 bridgehead atoms. The van der Waals surface area contributed by atoms with Crippen molar-refractivity contribution in [3.63, 3.8) is 0 Å². The minimum absolute atomic E-state index is 0.268. The van der Waals surface area contributed by atoms with Crippen molar-refractivity contribution in [3.8, 4) is 0 Å². The van der Waals surface area contributed by atoms with Gasteiger partial charge in [0.15, 0.2) is 6.79 Å². The Morgan fingerprint density at radius 1 is 0.526 bits per heavy atom. The molecule has 0 heterocycles. The summed E-state index contributed by atoms with van der Waals surface area (Å²) in [6.07, 6.45) is 14.0. The van der Waals surface area contributed by atoms with E-state index in [2.05, 4.69) is 13.8 Å². The molecule has 0 amide bonds. The second-order valence-corrected chi connectivity index (χ2v) is 5.15. The number of unbranched alkanes of at least 4 members (excludes halogenated alkanes) is 9. The van der Waals surface area contributed by atoms with Gasteiger partial charge >= 0.3 is 0 Å². The molecule has 19 heavy (non-hydrogen) atoms. The molecule has 0 aromatic rings. The van der Waals surface area contributed by atoms with E-state index in [1.807, 2.05) is 0 Å². The van der Waals surface area contributed by atoms with Crippen LogP contribution < -0.4 is 0 Å². The topological polar surface area (TPSA) is 27.7 Å². The minimum Gasteiger partial charge on any atom is -0.352 e. The van der Waals surface area contributed by atoms with Gasteiger partial charge in [0.1, 0.15) is 0 Å². The first kappa shape index (κ1) is 18.9. The number of hydrogen-bond donors (Lipinski definition) is 0. The van der Waals surface area contributed by atoms with Crippen molar-refractivity contribution >= 4 is 0 Å². The zero-order chi connectivity index (χ0) is 14.0. The predicted octanol–water partition coefficient (Wildman–Crippen LogP) is 5.24. The molecule has 116 valence electrons. The molecule has 0 aliphatic heterocycles. The summed E-state index contributed by atoms with van der Waals surface area (Å²) < 4.78 is 5.34. The number of hydrogen-bond acceptors (Lipinski definition) is 3. The van der Waals surface area contributed by atoms with Crippen molar-refractivity contribution in [3.05, 3.63) is 0 Å². The fourth-order valence-electron chi connectivity index (χ4n) is 1.93. The molecule has 3 heteroatoms. The number of ether oxygens (including phenoxy) is 1. The predicted molar refractivity (Wildman–Crippen MR) is 80.0 cm³/mol. The molecule has 3 nitrogen and oxygen atoms in total. The molecule has 0 spiro atoms. The van der Waals surface area contributed by atoms with Crippen LogP contribution >= 0.6 is 0 Å². The van der Waals surface area contributed by atoms with E-state index >= 15 is 0 Å². The van der Waals surface area contributed by atoms with Gasteiger partial charge in [0.25, 0.3) is 0 Å². The Balaban J connectivity index is 2.88. The second-order valence-electron chi connectivity index (χ2n) is 5.15. The summed E-state index contributed by atoms with van der Waals surface area (Å²) in [5, 5.41) is 0. The van der Waals surface area contributed by atoms with E-state index in [1.165, 1.54) is 57.8 Å². The smallest absolute Gasteiger partial charge is 0.180 e. The molecular weight excluding hydrogens is 240 g/mol. The Hall–Kier alpha value is -0.120. The quantitative estimate of drug-likeness (QED) is 0.167. The molecule has 0 aliphatic carbocycles. The lowest BCUT2D eigenvalue weighted by atomic mass is 10.1. The first-order valence-electron chi connectivity index (χ1n) is 8.24. The Kier molecular flexibility index (Phi) is 17.8. The summed E-state index contributed by atoms with van der Waals surface area (Å²) in [6.45, 7) is 6.20. The molecule has 0 saturated carbocycles. The van der Waals surface area contributed by atoms with Gasteiger partial charge in [-0.3, -0.25) is 0 Å².